The molecular weight excluding hydrogens is 355 g/mol. The lowest BCUT2D eigenvalue weighted by Crippen LogP contribution is -2.31. The van der Waals surface area contributed by atoms with E-state index in [4.69, 9.17) is 0 Å². The van der Waals surface area contributed by atoms with Crippen LogP contribution in [0.15, 0.2) is 48.5 Å². The van der Waals surface area contributed by atoms with Gasteiger partial charge in [-0.1, -0.05) is 12.1 Å². The Hall–Kier alpha value is -2.67. The first-order chi connectivity index (χ1) is 12.4. The van der Waals surface area contributed by atoms with Gasteiger partial charge in [0.1, 0.15) is 5.82 Å². The van der Waals surface area contributed by atoms with E-state index in [2.05, 4.69) is 5.32 Å². The van der Waals surface area contributed by atoms with Crippen molar-refractivity contribution >= 4 is 40.9 Å². The third kappa shape index (κ3) is 4.11. The minimum absolute atomic E-state index is 0.0305. The molecule has 0 aliphatic carbocycles. The van der Waals surface area contributed by atoms with Gasteiger partial charge in [-0.25, -0.2) is 9.29 Å². The fraction of sp³-hybridized carbons (Fsp3) is 0.211. The predicted molar refractivity (Wildman–Crippen MR) is 99.6 cm³/mol. The highest BCUT2D eigenvalue weighted by Crippen LogP contribution is 2.30. The summed E-state index contributed by atoms with van der Waals surface area (Å²) in [5.74, 6) is -1.24. The van der Waals surface area contributed by atoms with E-state index in [-0.39, 0.29) is 35.7 Å². The van der Waals surface area contributed by atoms with Gasteiger partial charge in [0, 0.05) is 12.1 Å². The second kappa shape index (κ2) is 7.70. The fourth-order valence-electron chi connectivity index (χ4n) is 2.68. The van der Waals surface area contributed by atoms with Crippen molar-refractivity contribution in [3.63, 3.8) is 0 Å². The van der Waals surface area contributed by atoms with Crippen LogP contribution in [-0.2, 0) is 14.4 Å². The lowest BCUT2D eigenvalue weighted by atomic mass is 10.2. The number of nitrogens with zero attached hydrogens (tertiary/aromatic N) is 1. The average molecular weight is 372 g/mol. The molecule has 7 heteroatoms. The van der Waals surface area contributed by atoms with Crippen LogP contribution in [0.25, 0.3) is 0 Å². The number of thioether (sulfide) groups is 1. The molecule has 1 heterocycles. The van der Waals surface area contributed by atoms with E-state index >= 15 is 0 Å². The zero-order chi connectivity index (χ0) is 18.7. The van der Waals surface area contributed by atoms with Crippen molar-refractivity contribution in [2.24, 2.45) is 0 Å². The van der Waals surface area contributed by atoms with Crippen LogP contribution in [0.3, 0.4) is 0 Å². The van der Waals surface area contributed by atoms with Crippen molar-refractivity contribution in [2.75, 3.05) is 16.0 Å². The van der Waals surface area contributed by atoms with Crippen LogP contribution in [-0.4, -0.2) is 28.7 Å². The molecule has 5 nitrogen and oxygen atoms in total. The van der Waals surface area contributed by atoms with Crippen molar-refractivity contribution in [1.29, 1.82) is 0 Å². The van der Waals surface area contributed by atoms with Gasteiger partial charge in [-0.05, 0) is 48.9 Å². The van der Waals surface area contributed by atoms with Crippen molar-refractivity contribution in [1.82, 2.24) is 0 Å². The van der Waals surface area contributed by atoms with Crippen LogP contribution in [0.2, 0.25) is 0 Å². The second-order valence-corrected chi connectivity index (χ2v) is 7.16. The van der Waals surface area contributed by atoms with E-state index < -0.39 is 5.25 Å². The zero-order valence-corrected chi connectivity index (χ0v) is 14.9. The smallest absolute Gasteiger partial charge is 0.247 e. The topological polar surface area (TPSA) is 66.5 Å². The number of carbonyl (C=O) groups excluding carboxylic acids is 3. The summed E-state index contributed by atoms with van der Waals surface area (Å²) in [4.78, 5) is 38.0. The van der Waals surface area contributed by atoms with Gasteiger partial charge >= 0.3 is 0 Å². The number of hydrogen-bond donors (Lipinski definition) is 1. The third-order valence-electron chi connectivity index (χ3n) is 3.91. The normalized spacial score (nSPS) is 16.8. The van der Waals surface area contributed by atoms with Crippen LogP contribution in [0.4, 0.5) is 15.8 Å². The molecule has 2 aromatic carbocycles. The number of hydrogen-bond acceptors (Lipinski definition) is 4. The van der Waals surface area contributed by atoms with Gasteiger partial charge in [-0.2, -0.15) is 0 Å². The summed E-state index contributed by atoms with van der Waals surface area (Å²) in [7, 11) is 0. The van der Waals surface area contributed by atoms with Gasteiger partial charge < -0.3 is 5.32 Å². The summed E-state index contributed by atoms with van der Waals surface area (Å²) in [5.41, 5.74) is 1.99. The quantitative estimate of drug-likeness (QED) is 0.819. The number of rotatable bonds is 5. The highest BCUT2D eigenvalue weighted by atomic mass is 32.2. The molecule has 1 atom stereocenters. The van der Waals surface area contributed by atoms with Crippen LogP contribution < -0.4 is 10.2 Å². The maximum atomic E-state index is 12.9. The Morgan fingerprint density at radius 1 is 1.23 bits per heavy atom. The maximum Gasteiger partial charge on any atom is 0.247 e. The molecule has 2 aromatic rings. The Balaban J connectivity index is 1.59. The molecule has 134 valence electrons. The fourth-order valence-corrected chi connectivity index (χ4v) is 3.61. The van der Waals surface area contributed by atoms with Gasteiger partial charge in [-0.3, -0.25) is 14.4 Å². The van der Waals surface area contributed by atoms with Crippen molar-refractivity contribution in [3.05, 3.63) is 59.9 Å². The van der Waals surface area contributed by atoms with E-state index in [9.17, 15) is 18.8 Å². The van der Waals surface area contributed by atoms with E-state index in [1.165, 1.54) is 29.2 Å². The molecule has 0 aromatic heterocycles. The molecule has 1 aliphatic heterocycles. The Bertz CT molecular complexity index is 854. The van der Waals surface area contributed by atoms with Crippen LogP contribution >= 0.6 is 11.8 Å². The molecule has 1 unspecified atom stereocenters. The number of amides is 3. The molecule has 0 bridgehead atoms. The molecule has 1 N–H and O–H groups in total. The summed E-state index contributed by atoms with van der Waals surface area (Å²) in [6, 6.07) is 12.6. The van der Waals surface area contributed by atoms with E-state index in [0.29, 0.717) is 11.4 Å². The monoisotopic (exact) mass is 372 g/mol. The molecule has 0 saturated carbocycles. The zero-order valence-electron chi connectivity index (χ0n) is 14.1. The van der Waals surface area contributed by atoms with Crippen LogP contribution in [0.5, 0.6) is 0 Å². The van der Waals surface area contributed by atoms with Crippen LogP contribution in [0.1, 0.15) is 12.0 Å². The Morgan fingerprint density at radius 2 is 1.96 bits per heavy atom. The van der Waals surface area contributed by atoms with E-state index in [1.54, 1.807) is 18.2 Å². The first-order valence-corrected chi connectivity index (χ1v) is 9.09. The summed E-state index contributed by atoms with van der Waals surface area (Å²) in [5, 5.41) is 2.05. The summed E-state index contributed by atoms with van der Waals surface area (Å²) < 4.78 is 12.9. The molecule has 1 aliphatic rings. The van der Waals surface area contributed by atoms with E-state index in [0.717, 1.165) is 17.3 Å². The van der Waals surface area contributed by atoms with E-state index in [1.807, 2.05) is 13.0 Å². The van der Waals surface area contributed by atoms with Gasteiger partial charge in [0.2, 0.25) is 17.7 Å². The highest BCUT2D eigenvalue weighted by molar-refractivity contribution is 8.01. The molecular formula is C19H17FN2O3S. The number of imide groups is 1. The Kier molecular flexibility index (Phi) is 5.37. The number of halogens is 1. The first-order valence-electron chi connectivity index (χ1n) is 8.04. The van der Waals surface area contributed by atoms with Gasteiger partial charge in [0.15, 0.2) is 0 Å². The molecule has 1 saturated heterocycles. The lowest BCUT2D eigenvalue weighted by molar-refractivity contribution is -0.121. The summed E-state index contributed by atoms with van der Waals surface area (Å²) in [6.07, 6.45) is 0.0707. The lowest BCUT2D eigenvalue weighted by Gasteiger charge is -2.15. The Labute approximate surface area is 154 Å². The maximum absolute atomic E-state index is 12.9. The second-order valence-electron chi connectivity index (χ2n) is 5.97. The highest BCUT2D eigenvalue weighted by Gasteiger charge is 2.40. The SMILES string of the molecule is Cc1cccc(N2C(=O)CC(SCC(=O)Nc3ccc(F)cc3)C2=O)c1. The number of carbonyl (C=O) groups is 3. The minimum atomic E-state index is -0.581. The van der Waals surface area contributed by atoms with Gasteiger partial charge in [0.25, 0.3) is 0 Å². The Morgan fingerprint density at radius 3 is 2.65 bits per heavy atom. The molecule has 1 fully saturated rings. The van der Waals surface area contributed by atoms with Gasteiger partial charge in [0.05, 0.1) is 16.7 Å². The molecule has 3 amide bonds. The standard InChI is InChI=1S/C19H17FN2O3S/c1-12-3-2-4-15(9-12)22-18(24)10-16(19(22)25)26-11-17(23)21-14-7-5-13(20)6-8-14/h2-9,16H,10-11H2,1H3,(H,21,23). The van der Waals surface area contributed by atoms with Crippen LogP contribution in [0, 0.1) is 12.7 Å². The molecule has 0 spiro atoms. The molecule has 3 rings (SSSR count). The van der Waals surface area contributed by atoms with Crippen molar-refractivity contribution < 1.29 is 18.8 Å². The summed E-state index contributed by atoms with van der Waals surface area (Å²) >= 11 is 1.13. The molecule has 0 radical (unpaired) electrons. The number of aryl methyl sites for hydroxylation is 1. The summed E-state index contributed by atoms with van der Waals surface area (Å²) in [6.45, 7) is 1.89. The number of benzene rings is 2. The third-order valence-corrected chi connectivity index (χ3v) is 5.11. The first kappa shape index (κ1) is 18.1. The number of anilines is 2. The largest absolute Gasteiger partial charge is 0.325 e. The minimum Gasteiger partial charge on any atom is -0.325 e. The molecule has 26 heavy (non-hydrogen) atoms. The predicted octanol–water partition coefficient (Wildman–Crippen LogP) is 3.14. The van der Waals surface area contributed by atoms with Crippen molar-refractivity contribution in [2.45, 2.75) is 18.6 Å². The van der Waals surface area contributed by atoms with Crippen molar-refractivity contribution in [3.8, 4) is 0 Å². The average Bonchev–Trinajstić information content (AvgIpc) is 2.89. The van der Waals surface area contributed by atoms with Gasteiger partial charge in [-0.15, -0.1) is 11.8 Å². The number of nitrogens with one attached hydrogen (secondary N) is 1.